The van der Waals surface area contributed by atoms with Gasteiger partial charge in [0.2, 0.25) is 5.91 Å². The third-order valence-corrected chi connectivity index (χ3v) is 4.43. The van der Waals surface area contributed by atoms with Crippen LogP contribution in [0.5, 0.6) is 0 Å². The molecule has 1 amide bonds. The third-order valence-electron chi connectivity index (χ3n) is 2.58. The molecule has 0 spiro atoms. The molecule has 2 atom stereocenters. The first kappa shape index (κ1) is 13.1. The van der Waals surface area contributed by atoms with E-state index >= 15 is 0 Å². The largest absolute Gasteiger partial charge is 0.347 e. The minimum Gasteiger partial charge on any atom is -0.347 e. The second-order valence-corrected chi connectivity index (χ2v) is 6.41. The zero-order chi connectivity index (χ0) is 13.2. The summed E-state index contributed by atoms with van der Waals surface area (Å²) in [7, 11) is -3.17. The van der Waals surface area contributed by atoms with E-state index in [0.717, 1.165) is 5.41 Å². The minimum absolute atomic E-state index is 0.100. The van der Waals surface area contributed by atoms with Crippen LogP contribution in [-0.2, 0) is 14.6 Å². The van der Waals surface area contributed by atoms with Crippen molar-refractivity contribution in [1.29, 1.82) is 0 Å². The molecule has 0 aliphatic carbocycles. The first-order valence-corrected chi connectivity index (χ1v) is 7.53. The number of rotatable bonds is 3. The highest BCUT2D eigenvalue weighted by atomic mass is 35.5. The summed E-state index contributed by atoms with van der Waals surface area (Å²) < 4.78 is 22.4. The van der Waals surface area contributed by atoms with E-state index in [1.165, 1.54) is 6.08 Å². The average molecular weight is 286 g/mol. The van der Waals surface area contributed by atoms with Crippen LogP contribution in [0.1, 0.15) is 10.9 Å². The van der Waals surface area contributed by atoms with Crippen molar-refractivity contribution in [3.05, 3.63) is 47.4 Å². The number of amides is 1. The number of hydrogen-bond acceptors (Lipinski definition) is 3. The Morgan fingerprint density at radius 1 is 1.33 bits per heavy atom. The maximum absolute atomic E-state index is 11.8. The molecule has 18 heavy (non-hydrogen) atoms. The van der Waals surface area contributed by atoms with Crippen molar-refractivity contribution >= 4 is 27.3 Å². The molecule has 96 valence electrons. The Kier molecular flexibility index (Phi) is 3.73. The van der Waals surface area contributed by atoms with Gasteiger partial charge in [0.1, 0.15) is 5.38 Å². The van der Waals surface area contributed by atoms with Gasteiger partial charge in [0.15, 0.2) is 9.84 Å². The number of sulfone groups is 1. The molecular formula is C12H12ClNO3S. The molecule has 4 nitrogen and oxygen atoms in total. The Morgan fingerprint density at radius 2 is 2.00 bits per heavy atom. The molecule has 2 rings (SSSR count). The molecule has 1 aliphatic heterocycles. The van der Waals surface area contributed by atoms with Crippen LogP contribution in [0.3, 0.4) is 0 Å². The fraction of sp³-hybridized carbons (Fsp3) is 0.250. The Hall–Kier alpha value is -1.33. The van der Waals surface area contributed by atoms with Crippen molar-refractivity contribution in [3.63, 3.8) is 0 Å². The Balaban J connectivity index is 1.99. The zero-order valence-corrected chi connectivity index (χ0v) is 11.0. The smallest absolute Gasteiger partial charge is 0.243 e. The maximum Gasteiger partial charge on any atom is 0.243 e. The molecule has 0 saturated heterocycles. The van der Waals surface area contributed by atoms with Crippen molar-refractivity contribution in [1.82, 2.24) is 5.32 Å². The Labute approximate surface area is 111 Å². The van der Waals surface area contributed by atoms with Gasteiger partial charge in [-0.15, -0.1) is 11.6 Å². The fourth-order valence-corrected chi connectivity index (χ4v) is 3.14. The molecule has 0 fully saturated rings. The molecule has 0 radical (unpaired) electrons. The van der Waals surface area contributed by atoms with Gasteiger partial charge in [0.25, 0.3) is 0 Å². The second kappa shape index (κ2) is 5.12. The van der Waals surface area contributed by atoms with Gasteiger partial charge < -0.3 is 5.32 Å². The molecule has 0 aromatic heterocycles. The molecular weight excluding hydrogens is 274 g/mol. The topological polar surface area (TPSA) is 63.2 Å². The van der Waals surface area contributed by atoms with Crippen LogP contribution in [0.2, 0.25) is 0 Å². The highest BCUT2D eigenvalue weighted by Gasteiger charge is 2.26. The van der Waals surface area contributed by atoms with Crippen LogP contribution in [0.4, 0.5) is 0 Å². The highest BCUT2D eigenvalue weighted by Crippen LogP contribution is 2.20. The lowest BCUT2D eigenvalue weighted by Gasteiger charge is -2.14. The highest BCUT2D eigenvalue weighted by molar-refractivity contribution is 7.94. The number of nitrogens with one attached hydrogen (secondary N) is 1. The van der Waals surface area contributed by atoms with Crippen molar-refractivity contribution in [3.8, 4) is 0 Å². The second-order valence-electron chi connectivity index (χ2n) is 4.05. The van der Waals surface area contributed by atoms with Crippen LogP contribution < -0.4 is 5.32 Å². The normalized spacial score (nSPS) is 22.6. The molecule has 0 bridgehead atoms. The van der Waals surface area contributed by atoms with Gasteiger partial charge in [-0.05, 0) is 11.6 Å². The molecule has 1 aromatic carbocycles. The van der Waals surface area contributed by atoms with Gasteiger partial charge in [-0.25, -0.2) is 8.42 Å². The van der Waals surface area contributed by atoms with Crippen molar-refractivity contribution in [2.45, 2.75) is 11.4 Å². The van der Waals surface area contributed by atoms with Gasteiger partial charge in [-0.1, -0.05) is 30.3 Å². The molecule has 1 heterocycles. The number of carbonyl (C=O) groups excluding carboxylic acids is 1. The first-order chi connectivity index (χ1) is 8.48. The average Bonchev–Trinajstić information content (AvgIpc) is 2.68. The van der Waals surface area contributed by atoms with E-state index in [-0.39, 0.29) is 5.75 Å². The van der Waals surface area contributed by atoms with Crippen LogP contribution in [0.15, 0.2) is 41.8 Å². The maximum atomic E-state index is 11.8. The van der Waals surface area contributed by atoms with E-state index in [1.807, 2.05) is 6.07 Å². The summed E-state index contributed by atoms with van der Waals surface area (Å²) in [5, 5.41) is 2.89. The lowest BCUT2D eigenvalue weighted by Crippen LogP contribution is -2.37. The first-order valence-electron chi connectivity index (χ1n) is 5.38. The summed E-state index contributed by atoms with van der Waals surface area (Å²) in [5.74, 6) is -0.494. The third kappa shape index (κ3) is 3.11. The predicted octanol–water partition coefficient (Wildman–Crippen LogP) is 1.39. The number of halogens is 1. The van der Waals surface area contributed by atoms with Gasteiger partial charge in [0, 0.05) is 5.41 Å². The van der Waals surface area contributed by atoms with E-state index in [9.17, 15) is 13.2 Å². The summed E-state index contributed by atoms with van der Waals surface area (Å²) in [4.78, 5) is 11.8. The fourth-order valence-electron chi connectivity index (χ4n) is 1.69. The summed E-state index contributed by atoms with van der Waals surface area (Å²) in [6.07, 6.45) is 1.46. The standard InChI is InChI=1S/C12H12ClNO3S/c13-11(9-4-2-1-3-5-9)12(15)14-10-6-7-18(16,17)8-10/h1-7,10-11H,8H2,(H,14,15). The molecule has 2 unspecified atom stereocenters. The van der Waals surface area contributed by atoms with Crippen molar-refractivity contribution < 1.29 is 13.2 Å². The summed E-state index contributed by atoms with van der Waals surface area (Å²) in [6, 6.07) is 8.41. The predicted molar refractivity (Wildman–Crippen MR) is 69.9 cm³/mol. The lowest BCUT2D eigenvalue weighted by molar-refractivity contribution is -0.121. The molecule has 1 N–H and O–H groups in total. The number of carbonyl (C=O) groups is 1. The molecule has 1 aromatic rings. The molecule has 1 aliphatic rings. The summed E-state index contributed by atoms with van der Waals surface area (Å²) in [6.45, 7) is 0. The quantitative estimate of drug-likeness (QED) is 0.854. The zero-order valence-electron chi connectivity index (χ0n) is 9.41. The van der Waals surface area contributed by atoms with E-state index in [4.69, 9.17) is 11.6 Å². The number of hydrogen-bond donors (Lipinski definition) is 1. The van der Waals surface area contributed by atoms with Crippen molar-refractivity contribution in [2.75, 3.05) is 5.75 Å². The van der Waals surface area contributed by atoms with Crippen LogP contribution >= 0.6 is 11.6 Å². The van der Waals surface area contributed by atoms with Gasteiger partial charge in [-0.3, -0.25) is 4.79 Å². The van der Waals surface area contributed by atoms with E-state index in [2.05, 4.69) is 5.32 Å². The van der Waals surface area contributed by atoms with E-state index < -0.39 is 27.2 Å². The van der Waals surface area contributed by atoms with Crippen LogP contribution in [-0.4, -0.2) is 26.1 Å². The summed E-state index contributed by atoms with van der Waals surface area (Å²) >= 11 is 6.02. The Morgan fingerprint density at radius 3 is 2.56 bits per heavy atom. The van der Waals surface area contributed by atoms with Gasteiger partial charge >= 0.3 is 0 Å². The molecule has 6 heteroatoms. The van der Waals surface area contributed by atoms with Gasteiger partial charge in [0.05, 0.1) is 11.8 Å². The monoisotopic (exact) mass is 285 g/mol. The van der Waals surface area contributed by atoms with E-state index in [1.54, 1.807) is 24.3 Å². The van der Waals surface area contributed by atoms with Crippen LogP contribution in [0, 0.1) is 0 Å². The number of alkyl halides is 1. The van der Waals surface area contributed by atoms with E-state index in [0.29, 0.717) is 5.56 Å². The van der Waals surface area contributed by atoms with Crippen LogP contribution in [0.25, 0.3) is 0 Å². The molecule has 0 saturated carbocycles. The van der Waals surface area contributed by atoms with Gasteiger partial charge in [-0.2, -0.15) is 0 Å². The number of benzene rings is 1. The lowest BCUT2D eigenvalue weighted by atomic mass is 10.1. The van der Waals surface area contributed by atoms with Crippen molar-refractivity contribution in [2.24, 2.45) is 0 Å². The SMILES string of the molecule is O=C(NC1C=CS(=O)(=O)C1)C(Cl)c1ccccc1. The Bertz CT molecular complexity index is 568. The minimum atomic E-state index is -3.17. The summed E-state index contributed by atoms with van der Waals surface area (Å²) in [5.41, 5.74) is 0.682.